The molecule has 1 heterocycles. The highest BCUT2D eigenvalue weighted by molar-refractivity contribution is 7.12. The van der Waals surface area contributed by atoms with E-state index in [1.54, 1.807) is 0 Å². The van der Waals surface area contributed by atoms with Gasteiger partial charge in [-0.2, -0.15) is 0 Å². The Balaban J connectivity index is 2.63. The average molecular weight is 251 g/mol. The second-order valence-corrected chi connectivity index (χ2v) is 6.51. The molecule has 0 spiro atoms. The summed E-state index contributed by atoms with van der Waals surface area (Å²) in [6.07, 6.45) is 3.48. The molecule has 0 aliphatic heterocycles. The molecule has 0 aromatic carbocycles. The van der Waals surface area contributed by atoms with Gasteiger partial charge in [-0.1, -0.05) is 32.4 Å². The second kappa shape index (κ2) is 6.97. The Morgan fingerprint density at radius 2 is 2.12 bits per heavy atom. The number of rotatable bonds is 6. The summed E-state index contributed by atoms with van der Waals surface area (Å²) in [5, 5.41) is 3.52. The molecule has 0 saturated carbocycles. The lowest BCUT2D eigenvalue weighted by Gasteiger charge is -2.09. The summed E-state index contributed by atoms with van der Waals surface area (Å²) >= 11 is 1.89. The summed E-state index contributed by atoms with van der Waals surface area (Å²) in [6.45, 7) is 13.2. The van der Waals surface area contributed by atoms with Crippen LogP contribution in [0.4, 0.5) is 0 Å². The molecule has 1 rings (SSSR count). The van der Waals surface area contributed by atoms with E-state index in [1.165, 1.54) is 20.9 Å². The van der Waals surface area contributed by atoms with Gasteiger partial charge in [0, 0.05) is 16.3 Å². The van der Waals surface area contributed by atoms with E-state index in [2.05, 4.69) is 52.1 Å². The van der Waals surface area contributed by atoms with Crippen molar-refractivity contribution in [2.45, 2.75) is 41.0 Å². The van der Waals surface area contributed by atoms with Crippen molar-refractivity contribution in [3.8, 4) is 0 Å². The molecule has 0 bridgehead atoms. The zero-order valence-corrected chi connectivity index (χ0v) is 12.6. The quantitative estimate of drug-likeness (QED) is 0.790. The molecule has 0 amide bonds. The standard InChI is InChI=1S/C15H25NS/c1-6-14(10-16-9-11(2)3)8-15-7-12(4)17-13(15)5/h7-8,11,16H,6,9-10H2,1-5H3. The normalized spacial score (nSPS) is 12.5. The van der Waals surface area contributed by atoms with E-state index < -0.39 is 0 Å². The van der Waals surface area contributed by atoms with Crippen molar-refractivity contribution in [2.24, 2.45) is 5.92 Å². The first-order chi connectivity index (χ1) is 8.02. The molecule has 0 saturated heterocycles. The lowest BCUT2D eigenvalue weighted by molar-refractivity contribution is 0.569. The Kier molecular flexibility index (Phi) is 5.93. The molecule has 0 atom stereocenters. The summed E-state index contributed by atoms with van der Waals surface area (Å²) in [6, 6.07) is 2.29. The number of hydrogen-bond acceptors (Lipinski definition) is 2. The van der Waals surface area contributed by atoms with Crippen molar-refractivity contribution < 1.29 is 0 Å². The van der Waals surface area contributed by atoms with Gasteiger partial charge >= 0.3 is 0 Å². The van der Waals surface area contributed by atoms with Gasteiger partial charge in [0.15, 0.2) is 0 Å². The van der Waals surface area contributed by atoms with Crippen LogP contribution >= 0.6 is 11.3 Å². The van der Waals surface area contributed by atoms with Crippen molar-refractivity contribution in [3.05, 3.63) is 27.0 Å². The smallest absolute Gasteiger partial charge is 0.0167 e. The van der Waals surface area contributed by atoms with Gasteiger partial charge in [0.05, 0.1) is 0 Å². The molecular formula is C15H25NS. The molecule has 0 radical (unpaired) electrons. The van der Waals surface area contributed by atoms with Gasteiger partial charge in [-0.05, 0) is 44.4 Å². The number of nitrogens with one attached hydrogen (secondary N) is 1. The van der Waals surface area contributed by atoms with Crippen LogP contribution in [-0.2, 0) is 0 Å². The first-order valence-electron chi connectivity index (χ1n) is 6.50. The molecule has 0 unspecified atom stereocenters. The topological polar surface area (TPSA) is 12.0 Å². The molecule has 1 aromatic rings. The molecule has 0 aliphatic rings. The second-order valence-electron chi connectivity index (χ2n) is 5.05. The summed E-state index contributed by atoms with van der Waals surface area (Å²) < 4.78 is 0. The summed E-state index contributed by atoms with van der Waals surface area (Å²) in [5.74, 6) is 0.721. The van der Waals surface area contributed by atoms with Crippen LogP contribution in [0, 0.1) is 19.8 Å². The third-order valence-corrected chi connectivity index (χ3v) is 3.78. The minimum Gasteiger partial charge on any atom is -0.313 e. The fourth-order valence-electron chi connectivity index (χ4n) is 1.81. The monoisotopic (exact) mass is 251 g/mol. The minimum absolute atomic E-state index is 0.721. The van der Waals surface area contributed by atoms with Gasteiger partial charge < -0.3 is 5.32 Å². The van der Waals surface area contributed by atoms with Gasteiger partial charge in [0.2, 0.25) is 0 Å². The average Bonchev–Trinajstić information content (AvgIpc) is 2.55. The van der Waals surface area contributed by atoms with Gasteiger partial charge in [-0.3, -0.25) is 0 Å². The zero-order chi connectivity index (χ0) is 12.8. The van der Waals surface area contributed by atoms with Crippen molar-refractivity contribution in [1.29, 1.82) is 0 Å². The van der Waals surface area contributed by atoms with Crippen LogP contribution in [0.2, 0.25) is 0 Å². The van der Waals surface area contributed by atoms with Crippen LogP contribution in [-0.4, -0.2) is 13.1 Å². The van der Waals surface area contributed by atoms with Crippen molar-refractivity contribution in [1.82, 2.24) is 5.32 Å². The SMILES string of the molecule is CCC(=Cc1cc(C)sc1C)CNCC(C)C. The van der Waals surface area contributed by atoms with Gasteiger partial charge in [-0.25, -0.2) is 0 Å². The highest BCUT2D eigenvalue weighted by Crippen LogP contribution is 2.23. The molecule has 1 aromatic heterocycles. The molecule has 1 N–H and O–H groups in total. The maximum Gasteiger partial charge on any atom is 0.0167 e. The van der Waals surface area contributed by atoms with Gasteiger partial charge in [0.1, 0.15) is 0 Å². The van der Waals surface area contributed by atoms with Crippen molar-refractivity contribution in [3.63, 3.8) is 0 Å². The van der Waals surface area contributed by atoms with Crippen LogP contribution in [0.25, 0.3) is 6.08 Å². The predicted molar refractivity (Wildman–Crippen MR) is 79.8 cm³/mol. The van der Waals surface area contributed by atoms with E-state index in [4.69, 9.17) is 0 Å². The van der Waals surface area contributed by atoms with E-state index >= 15 is 0 Å². The Labute approximate surface area is 110 Å². The van der Waals surface area contributed by atoms with E-state index in [1.807, 2.05) is 11.3 Å². The van der Waals surface area contributed by atoms with Crippen molar-refractivity contribution >= 4 is 17.4 Å². The summed E-state index contributed by atoms with van der Waals surface area (Å²) in [5.41, 5.74) is 2.89. The molecule has 1 nitrogen and oxygen atoms in total. The molecule has 96 valence electrons. The lowest BCUT2D eigenvalue weighted by Crippen LogP contribution is -2.21. The molecular weight excluding hydrogens is 226 g/mol. The molecule has 0 aliphatic carbocycles. The first-order valence-corrected chi connectivity index (χ1v) is 7.31. The molecule has 2 heteroatoms. The fraction of sp³-hybridized carbons (Fsp3) is 0.600. The van der Waals surface area contributed by atoms with Crippen LogP contribution < -0.4 is 5.32 Å². The van der Waals surface area contributed by atoms with Crippen LogP contribution in [0.3, 0.4) is 0 Å². The van der Waals surface area contributed by atoms with Gasteiger partial charge in [-0.15, -0.1) is 11.3 Å². The zero-order valence-electron chi connectivity index (χ0n) is 11.8. The van der Waals surface area contributed by atoms with E-state index in [0.717, 1.165) is 25.4 Å². The predicted octanol–water partition coefficient (Wildman–Crippen LogP) is 4.40. The van der Waals surface area contributed by atoms with Gasteiger partial charge in [0.25, 0.3) is 0 Å². The van der Waals surface area contributed by atoms with E-state index in [-0.39, 0.29) is 0 Å². The maximum absolute atomic E-state index is 3.52. The minimum atomic E-state index is 0.721. The fourth-order valence-corrected chi connectivity index (χ4v) is 2.72. The third kappa shape index (κ3) is 5.05. The Hall–Kier alpha value is -0.600. The highest BCUT2D eigenvalue weighted by atomic mass is 32.1. The maximum atomic E-state index is 3.52. The van der Waals surface area contributed by atoms with Crippen LogP contribution in [0.1, 0.15) is 42.5 Å². The lowest BCUT2D eigenvalue weighted by atomic mass is 10.1. The highest BCUT2D eigenvalue weighted by Gasteiger charge is 2.02. The Morgan fingerprint density at radius 3 is 2.59 bits per heavy atom. The number of hydrogen-bond donors (Lipinski definition) is 1. The van der Waals surface area contributed by atoms with Crippen LogP contribution in [0.15, 0.2) is 11.6 Å². The molecule has 17 heavy (non-hydrogen) atoms. The van der Waals surface area contributed by atoms with E-state index in [9.17, 15) is 0 Å². The van der Waals surface area contributed by atoms with Crippen LogP contribution in [0.5, 0.6) is 0 Å². The first kappa shape index (κ1) is 14.5. The van der Waals surface area contributed by atoms with Crippen molar-refractivity contribution in [2.75, 3.05) is 13.1 Å². The summed E-state index contributed by atoms with van der Waals surface area (Å²) in [4.78, 5) is 2.83. The Bertz CT molecular complexity index is 374. The number of aryl methyl sites for hydroxylation is 2. The molecule has 0 fully saturated rings. The Morgan fingerprint density at radius 1 is 1.41 bits per heavy atom. The third-order valence-electron chi connectivity index (χ3n) is 2.80. The van der Waals surface area contributed by atoms with E-state index in [0.29, 0.717) is 0 Å². The largest absolute Gasteiger partial charge is 0.313 e. The number of thiophene rings is 1. The summed E-state index contributed by atoms with van der Waals surface area (Å²) in [7, 11) is 0.